The predicted octanol–water partition coefficient (Wildman–Crippen LogP) is 8.32. The minimum atomic E-state index is -0.0661. The van der Waals surface area contributed by atoms with Gasteiger partial charge in [0.1, 0.15) is 12.0 Å². The summed E-state index contributed by atoms with van der Waals surface area (Å²) in [4.78, 5) is 9.72. The molecule has 2 heterocycles. The molecule has 36 heavy (non-hydrogen) atoms. The summed E-state index contributed by atoms with van der Waals surface area (Å²) < 4.78 is 0. The largest absolute Gasteiger partial charge is 0.348 e. The monoisotopic (exact) mass is 467 g/mol. The van der Waals surface area contributed by atoms with Crippen molar-refractivity contribution in [2.75, 3.05) is 16.8 Å². The first-order chi connectivity index (χ1) is 17.6. The lowest BCUT2D eigenvalue weighted by Crippen LogP contribution is -2.32. The highest BCUT2D eigenvalue weighted by Gasteiger charge is 2.39. The maximum absolute atomic E-state index is 4.93. The van der Waals surface area contributed by atoms with E-state index in [0.717, 1.165) is 5.82 Å². The number of hydrogen-bond donors (Lipinski definition) is 0. The molecule has 1 aliphatic heterocycles. The molecule has 0 spiro atoms. The van der Waals surface area contributed by atoms with Gasteiger partial charge in [-0.1, -0.05) is 91.0 Å². The normalized spacial score (nSPS) is 14.7. The summed E-state index contributed by atoms with van der Waals surface area (Å²) in [5.74, 6) is 0.960. The van der Waals surface area contributed by atoms with E-state index in [9.17, 15) is 0 Å². The number of nitrogens with zero attached hydrogens (tertiary/aromatic N) is 3. The molecule has 3 heteroatoms. The predicted molar refractivity (Wildman–Crippen MR) is 151 cm³/mol. The summed E-state index contributed by atoms with van der Waals surface area (Å²) >= 11 is 0. The summed E-state index contributed by atoms with van der Waals surface area (Å²) in [6, 6.07) is 39.0. The fourth-order valence-electron chi connectivity index (χ4n) is 5.30. The van der Waals surface area contributed by atoms with Gasteiger partial charge in [0, 0.05) is 18.8 Å². The lowest BCUT2D eigenvalue weighted by molar-refractivity contribution is 0.714. The maximum atomic E-state index is 4.93. The van der Waals surface area contributed by atoms with E-state index in [1.54, 1.807) is 0 Å². The molecule has 0 aliphatic carbocycles. The van der Waals surface area contributed by atoms with Crippen LogP contribution in [0.1, 0.15) is 22.9 Å². The number of para-hydroxylation sites is 2. The van der Waals surface area contributed by atoms with Gasteiger partial charge in [-0.05, 0) is 65.4 Å². The van der Waals surface area contributed by atoms with Crippen molar-refractivity contribution in [1.29, 1.82) is 0 Å². The van der Waals surface area contributed by atoms with Crippen molar-refractivity contribution >= 4 is 17.2 Å². The van der Waals surface area contributed by atoms with Crippen molar-refractivity contribution in [3.63, 3.8) is 0 Å². The first kappa shape index (κ1) is 22.1. The van der Waals surface area contributed by atoms with Gasteiger partial charge in [0.25, 0.3) is 0 Å². The molecule has 0 radical (unpaired) electrons. The van der Waals surface area contributed by atoms with E-state index in [4.69, 9.17) is 4.98 Å². The smallest absolute Gasteiger partial charge is 0.135 e. The quantitative estimate of drug-likeness (QED) is 0.265. The average molecular weight is 468 g/mol. The van der Waals surface area contributed by atoms with Crippen LogP contribution in [-0.4, -0.2) is 12.0 Å². The van der Waals surface area contributed by atoms with Crippen LogP contribution in [-0.2, 0) is 0 Å². The summed E-state index contributed by atoms with van der Waals surface area (Å²) in [6.07, 6.45) is 1.92. The first-order valence-electron chi connectivity index (χ1n) is 12.4. The van der Waals surface area contributed by atoms with Gasteiger partial charge in [0.05, 0.1) is 11.4 Å². The van der Waals surface area contributed by atoms with Crippen molar-refractivity contribution in [3.05, 3.63) is 132 Å². The molecule has 3 nitrogen and oxygen atoms in total. The molecule has 0 saturated heterocycles. The van der Waals surface area contributed by atoms with Gasteiger partial charge >= 0.3 is 0 Å². The molecular formula is C33H29N3. The molecule has 0 bridgehead atoms. The van der Waals surface area contributed by atoms with Crippen molar-refractivity contribution in [1.82, 2.24) is 4.98 Å². The van der Waals surface area contributed by atoms with E-state index in [2.05, 4.69) is 140 Å². The minimum absolute atomic E-state index is 0.0661. The molecule has 1 atom stereocenters. The van der Waals surface area contributed by atoms with Gasteiger partial charge < -0.3 is 4.90 Å². The van der Waals surface area contributed by atoms with Crippen molar-refractivity contribution in [2.24, 2.45) is 0 Å². The lowest BCUT2D eigenvalue weighted by Gasteiger charge is -2.34. The second-order valence-corrected chi connectivity index (χ2v) is 9.47. The van der Waals surface area contributed by atoms with Crippen LogP contribution in [0.25, 0.3) is 22.3 Å². The Labute approximate surface area is 213 Å². The van der Waals surface area contributed by atoms with Crippen LogP contribution in [0.15, 0.2) is 115 Å². The Morgan fingerprint density at radius 2 is 1.17 bits per heavy atom. The summed E-state index contributed by atoms with van der Waals surface area (Å²) in [5.41, 5.74) is 11.0. The number of anilines is 3. The number of fused-ring (bicyclic) bond motifs is 1. The Bertz CT molecular complexity index is 1470. The van der Waals surface area contributed by atoms with Gasteiger partial charge in [0.2, 0.25) is 0 Å². The van der Waals surface area contributed by atoms with Gasteiger partial charge in [-0.2, -0.15) is 0 Å². The molecule has 5 aromatic rings. The van der Waals surface area contributed by atoms with E-state index in [-0.39, 0.29) is 6.17 Å². The Hall–Kier alpha value is -4.37. The summed E-state index contributed by atoms with van der Waals surface area (Å²) in [5, 5.41) is 0. The van der Waals surface area contributed by atoms with Crippen LogP contribution in [0, 0.1) is 13.8 Å². The molecule has 6 rings (SSSR count). The van der Waals surface area contributed by atoms with E-state index in [1.165, 1.54) is 50.3 Å². The third-order valence-corrected chi connectivity index (χ3v) is 7.27. The van der Waals surface area contributed by atoms with E-state index < -0.39 is 0 Å². The average Bonchev–Trinajstić information content (AvgIpc) is 3.23. The van der Waals surface area contributed by atoms with Gasteiger partial charge in [-0.25, -0.2) is 4.98 Å². The number of pyridine rings is 1. The Morgan fingerprint density at radius 3 is 1.75 bits per heavy atom. The highest BCUT2D eigenvalue weighted by atomic mass is 15.4. The minimum Gasteiger partial charge on any atom is -0.348 e. The van der Waals surface area contributed by atoms with Crippen LogP contribution in [0.5, 0.6) is 0 Å². The molecular weight excluding hydrogens is 438 g/mol. The van der Waals surface area contributed by atoms with Gasteiger partial charge in [-0.15, -0.1) is 0 Å². The standard InChI is InChI=1S/C33H29N3/c1-23-21-31(34-22-24(23)2)36-30-20-11-10-19-29(30)35(3)33(36)32-27(25-13-6-4-7-14-25)17-12-18-28(32)26-15-8-5-9-16-26/h4-22,33H,1-3H3. The zero-order chi connectivity index (χ0) is 24.6. The summed E-state index contributed by atoms with van der Waals surface area (Å²) in [6.45, 7) is 4.28. The van der Waals surface area contributed by atoms with Gasteiger partial charge in [0.15, 0.2) is 0 Å². The van der Waals surface area contributed by atoms with Crippen molar-refractivity contribution in [2.45, 2.75) is 20.0 Å². The SMILES string of the molecule is Cc1cnc(N2c3ccccc3N(C)C2c2c(-c3ccccc3)cccc2-c2ccccc2)cc1C. The Balaban J connectivity index is 1.66. The highest BCUT2D eigenvalue weighted by molar-refractivity contribution is 5.88. The third-order valence-electron chi connectivity index (χ3n) is 7.27. The van der Waals surface area contributed by atoms with Crippen LogP contribution >= 0.6 is 0 Å². The molecule has 0 N–H and O–H groups in total. The fraction of sp³-hybridized carbons (Fsp3) is 0.121. The van der Waals surface area contributed by atoms with Crippen LogP contribution in [0.2, 0.25) is 0 Å². The number of hydrogen-bond acceptors (Lipinski definition) is 3. The molecule has 1 aliphatic rings. The van der Waals surface area contributed by atoms with Crippen molar-refractivity contribution in [3.8, 4) is 22.3 Å². The number of aryl methyl sites for hydroxylation is 2. The first-order valence-corrected chi connectivity index (χ1v) is 12.4. The van der Waals surface area contributed by atoms with Gasteiger partial charge in [-0.3, -0.25) is 4.90 Å². The molecule has 1 unspecified atom stereocenters. The third kappa shape index (κ3) is 3.64. The summed E-state index contributed by atoms with van der Waals surface area (Å²) in [7, 11) is 2.20. The van der Waals surface area contributed by atoms with Crippen LogP contribution in [0.3, 0.4) is 0 Å². The zero-order valence-corrected chi connectivity index (χ0v) is 20.9. The van der Waals surface area contributed by atoms with Crippen LogP contribution in [0.4, 0.5) is 17.2 Å². The molecule has 176 valence electrons. The number of aromatic nitrogens is 1. The molecule has 4 aromatic carbocycles. The van der Waals surface area contributed by atoms with E-state index >= 15 is 0 Å². The zero-order valence-electron chi connectivity index (χ0n) is 20.9. The second-order valence-electron chi connectivity index (χ2n) is 9.47. The van der Waals surface area contributed by atoms with Crippen molar-refractivity contribution < 1.29 is 0 Å². The Morgan fingerprint density at radius 1 is 0.611 bits per heavy atom. The lowest BCUT2D eigenvalue weighted by atomic mass is 9.89. The second kappa shape index (κ2) is 9.01. The topological polar surface area (TPSA) is 19.4 Å². The molecule has 1 aromatic heterocycles. The maximum Gasteiger partial charge on any atom is 0.135 e. The van der Waals surface area contributed by atoms with E-state index in [1.807, 2.05) is 6.20 Å². The number of rotatable bonds is 4. The fourth-order valence-corrected chi connectivity index (χ4v) is 5.30. The number of benzene rings is 4. The molecule has 0 fully saturated rings. The van der Waals surface area contributed by atoms with E-state index in [0.29, 0.717) is 0 Å². The molecule has 0 saturated carbocycles. The highest BCUT2D eigenvalue weighted by Crippen LogP contribution is 2.52. The van der Waals surface area contributed by atoms with Crippen LogP contribution < -0.4 is 9.80 Å². The Kier molecular flexibility index (Phi) is 5.54. The molecule has 0 amide bonds.